The molecule has 0 saturated carbocycles. The summed E-state index contributed by atoms with van der Waals surface area (Å²) in [5.74, 6) is 0.660. The zero-order valence-corrected chi connectivity index (χ0v) is 16.0. The SMILES string of the molecule is Cc1cn2cc(NC(=O)c3ccc(N4CCNC(C)C4)nc3)cc(Cl)c2n1. The van der Waals surface area contributed by atoms with Crippen LogP contribution >= 0.6 is 11.6 Å². The number of hydrogen-bond acceptors (Lipinski definition) is 5. The summed E-state index contributed by atoms with van der Waals surface area (Å²) in [5.41, 5.74) is 2.64. The van der Waals surface area contributed by atoms with Gasteiger partial charge in [0.05, 0.1) is 22.0 Å². The lowest BCUT2D eigenvalue weighted by molar-refractivity contribution is 0.102. The average molecular weight is 385 g/mol. The van der Waals surface area contributed by atoms with E-state index in [4.69, 9.17) is 11.6 Å². The molecule has 3 aromatic rings. The summed E-state index contributed by atoms with van der Waals surface area (Å²) in [6.45, 7) is 6.79. The van der Waals surface area contributed by atoms with Gasteiger partial charge in [0.2, 0.25) is 0 Å². The molecule has 1 unspecified atom stereocenters. The number of pyridine rings is 2. The maximum Gasteiger partial charge on any atom is 0.257 e. The van der Waals surface area contributed by atoms with Crippen molar-refractivity contribution < 1.29 is 4.79 Å². The van der Waals surface area contributed by atoms with Crippen molar-refractivity contribution in [1.82, 2.24) is 19.7 Å². The van der Waals surface area contributed by atoms with Crippen molar-refractivity contribution in [3.8, 4) is 0 Å². The van der Waals surface area contributed by atoms with Crippen LogP contribution in [0.4, 0.5) is 11.5 Å². The van der Waals surface area contributed by atoms with E-state index in [1.165, 1.54) is 0 Å². The second-order valence-electron chi connectivity index (χ2n) is 6.85. The van der Waals surface area contributed by atoms with Crippen LogP contribution in [-0.2, 0) is 0 Å². The van der Waals surface area contributed by atoms with Gasteiger partial charge in [0.25, 0.3) is 5.91 Å². The van der Waals surface area contributed by atoms with Crippen molar-refractivity contribution in [1.29, 1.82) is 0 Å². The van der Waals surface area contributed by atoms with Crippen LogP contribution in [0.25, 0.3) is 5.65 Å². The third-order valence-corrected chi connectivity index (χ3v) is 4.87. The molecule has 7 nitrogen and oxygen atoms in total. The summed E-state index contributed by atoms with van der Waals surface area (Å²) in [7, 11) is 0. The summed E-state index contributed by atoms with van der Waals surface area (Å²) in [5, 5.41) is 6.77. The number of aromatic nitrogens is 3. The van der Waals surface area contributed by atoms with Gasteiger partial charge in [-0.15, -0.1) is 0 Å². The van der Waals surface area contributed by atoms with Crippen molar-refractivity contribution in [3.05, 3.63) is 53.1 Å². The van der Waals surface area contributed by atoms with Crippen LogP contribution in [0, 0.1) is 6.92 Å². The number of anilines is 2. The number of carbonyl (C=O) groups excluding carboxylic acids is 1. The quantitative estimate of drug-likeness (QED) is 0.726. The minimum Gasteiger partial charge on any atom is -0.354 e. The highest BCUT2D eigenvalue weighted by Crippen LogP contribution is 2.22. The molecule has 0 aromatic carbocycles. The highest BCUT2D eigenvalue weighted by Gasteiger charge is 2.17. The van der Waals surface area contributed by atoms with Crippen molar-refractivity contribution in [2.24, 2.45) is 0 Å². The molecule has 0 spiro atoms. The van der Waals surface area contributed by atoms with Gasteiger partial charge in [-0.05, 0) is 32.0 Å². The van der Waals surface area contributed by atoms with Crippen LogP contribution < -0.4 is 15.5 Å². The van der Waals surface area contributed by atoms with E-state index >= 15 is 0 Å². The molecular formula is C19H21ClN6O. The van der Waals surface area contributed by atoms with E-state index in [9.17, 15) is 4.79 Å². The predicted molar refractivity (Wildman–Crippen MR) is 107 cm³/mol. The third-order valence-electron chi connectivity index (χ3n) is 4.59. The average Bonchev–Trinajstić information content (AvgIpc) is 3.03. The second-order valence-corrected chi connectivity index (χ2v) is 7.26. The van der Waals surface area contributed by atoms with Crippen molar-refractivity contribution in [2.45, 2.75) is 19.9 Å². The zero-order chi connectivity index (χ0) is 19.0. The summed E-state index contributed by atoms with van der Waals surface area (Å²) in [4.78, 5) is 23.6. The minimum atomic E-state index is -0.227. The molecule has 1 amide bonds. The first-order chi connectivity index (χ1) is 13.0. The van der Waals surface area contributed by atoms with Gasteiger partial charge in [-0.3, -0.25) is 4.79 Å². The molecule has 4 heterocycles. The molecule has 1 aliphatic heterocycles. The van der Waals surface area contributed by atoms with Gasteiger partial charge >= 0.3 is 0 Å². The number of imidazole rings is 1. The number of amides is 1. The van der Waals surface area contributed by atoms with E-state index in [1.807, 2.05) is 19.2 Å². The van der Waals surface area contributed by atoms with Gasteiger partial charge in [-0.2, -0.15) is 0 Å². The van der Waals surface area contributed by atoms with Crippen molar-refractivity contribution >= 4 is 34.7 Å². The maximum absolute atomic E-state index is 12.6. The largest absolute Gasteiger partial charge is 0.354 e. The van der Waals surface area contributed by atoms with Gasteiger partial charge in [-0.25, -0.2) is 9.97 Å². The molecule has 2 N–H and O–H groups in total. The monoisotopic (exact) mass is 384 g/mol. The number of halogens is 1. The summed E-state index contributed by atoms with van der Waals surface area (Å²) < 4.78 is 1.81. The van der Waals surface area contributed by atoms with Crippen molar-refractivity contribution in [3.63, 3.8) is 0 Å². The smallest absolute Gasteiger partial charge is 0.257 e. The molecule has 1 saturated heterocycles. The second kappa shape index (κ2) is 7.17. The summed E-state index contributed by atoms with van der Waals surface area (Å²) in [6.07, 6.45) is 5.27. The highest BCUT2D eigenvalue weighted by molar-refractivity contribution is 6.33. The normalized spacial score (nSPS) is 17.3. The lowest BCUT2D eigenvalue weighted by Crippen LogP contribution is -2.49. The Balaban J connectivity index is 1.49. The first kappa shape index (κ1) is 17.8. The molecule has 140 valence electrons. The van der Waals surface area contributed by atoms with Crippen molar-refractivity contribution in [2.75, 3.05) is 29.9 Å². The Bertz CT molecular complexity index is 984. The number of aryl methyl sites for hydroxylation is 1. The Hall–Kier alpha value is -2.64. The highest BCUT2D eigenvalue weighted by atomic mass is 35.5. The van der Waals surface area contributed by atoms with Crippen LogP contribution in [0.5, 0.6) is 0 Å². The predicted octanol–water partition coefficient (Wildman–Crippen LogP) is 2.74. The van der Waals surface area contributed by atoms with Gasteiger partial charge < -0.3 is 19.9 Å². The maximum atomic E-state index is 12.6. The number of nitrogens with one attached hydrogen (secondary N) is 2. The number of carbonyl (C=O) groups is 1. The van der Waals surface area contributed by atoms with E-state index in [1.54, 1.807) is 28.9 Å². The van der Waals surface area contributed by atoms with Crippen LogP contribution in [0.1, 0.15) is 23.0 Å². The number of nitrogens with zero attached hydrogens (tertiary/aromatic N) is 4. The summed E-state index contributed by atoms with van der Waals surface area (Å²) >= 11 is 6.27. The van der Waals surface area contributed by atoms with Gasteiger partial charge in [-0.1, -0.05) is 11.6 Å². The Morgan fingerprint density at radius 1 is 1.37 bits per heavy atom. The van der Waals surface area contributed by atoms with E-state index in [0.29, 0.717) is 28.0 Å². The molecule has 8 heteroatoms. The fourth-order valence-electron chi connectivity index (χ4n) is 3.30. The summed E-state index contributed by atoms with van der Waals surface area (Å²) in [6, 6.07) is 5.81. The number of piperazine rings is 1. The fraction of sp³-hybridized carbons (Fsp3) is 0.316. The first-order valence-electron chi connectivity index (χ1n) is 8.90. The van der Waals surface area contributed by atoms with E-state index in [0.717, 1.165) is 31.1 Å². The molecular weight excluding hydrogens is 364 g/mol. The minimum absolute atomic E-state index is 0.227. The standard InChI is InChI=1S/C19H21ClN6O/c1-12-9-25(6-5-21-12)17-4-3-14(8-22-17)19(27)24-15-7-16(20)18-23-13(2)10-26(18)11-15/h3-4,7-8,10-12,21H,5-6,9H2,1-2H3,(H,24,27). The lowest BCUT2D eigenvalue weighted by Gasteiger charge is -2.32. The number of rotatable bonds is 3. The number of hydrogen-bond donors (Lipinski definition) is 2. The van der Waals surface area contributed by atoms with E-state index in [-0.39, 0.29) is 5.91 Å². The van der Waals surface area contributed by atoms with Crippen LogP contribution in [0.15, 0.2) is 36.8 Å². The third kappa shape index (κ3) is 3.74. The molecule has 0 bridgehead atoms. The number of fused-ring (bicyclic) bond motifs is 1. The fourth-order valence-corrected chi connectivity index (χ4v) is 3.56. The molecule has 1 aliphatic rings. The molecule has 0 radical (unpaired) electrons. The van der Waals surface area contributed by atoms with Gasteiger partial charge in [0, 0.05) is 44.3 Å². The van der Waals surface area contributed by atoms with E-state index in [2.05, 4.69) is 32.4 Å². The first-order valence-corrected chi connectivity index (χ1v) is 9.28. The Morgan fingerprint density at radius 2 is 2.22 bits per heavy atom. The molecule has 0 aliphatic carbocycles. The Morgan fingerprint density at radius 3 is 2.96 bits per heavy atom. The van der Waals surface area contributed by atoms with Crippen LogP contribution in [0.2, 0.25) is 5.02 Å². The topological polar surface area (TPSA) is 74.6 Å². The Kier molecular flexibility index (Phi) is 4.72. The Labute approximate surface area is 162 Å². The lowest BCUT2D eigenvalue weighted by atomic mass is 10.2. The molecule has 1 atom stereocenters. The molecule has 4 rings (SSSR count). The van der Waals surface area contributed by atoms with Crippen LogP contribution in [0.3, 0.4) is 0 Å². The zero-order valence-electron chi connectivity index (χ0n) is 15.2. The molecule has 3 aromatic heterocycles. The van der Waals surface area contributed by atoms with Gasteiger partial charge in [0.1, 0.15) is 5.82 Å². The van der Waals surface area contributed by atoms with Crippen LogP contribution in [-0.4, -0.2) is 46.0 Å². The van der Waals surface area contributed by atoms with E-state index < -0.39 is 0 Å². The molecule has 27 heavy (non-hydrogen) atoms. The molecule has 1 fully saturated rings. The van der Waals surface area contributed by atoms with Gasteiger partial charge in [0.15, 0.2) is 5.65 Å².